The zero-order valence-electron chi connectivity index (χ0n) is 7.19. The van der Waals surface area contributed by atoms with Gasteiger partial charge in [0.2, 0.25) is 0 Å². The molecular weight excluding hydrogens is 180 g/mol. The summed E-state index contributed by atoms with van der Waals surface area (Å²) in [5.41, 5.74) is 0.634. The SMILES string of the molecule is CC(C#N)Sc1cccc(C#N)c1. The maximum atomic E-state index is 8.63. The highest BCUT2D eigenvalue weighted by molar-refractivity contribution is 8.00. The normalized spacial score (nSPS) is 11.3. The lowest BCUT2D eigenvalue weighted by atomic mass is 10.2. The van der Waals surface area contributed by atoms with Gasteiger partial charge in [-0.3, -0.25) is 0 Å². The quantitative estimate of drug-likeness (QED) is 0.670. The Balaban J connectivity index is 2.80. The average molecular weight is 188 g/mol. The molecule has 0 radical (unpaired) electrons. The molecule has 1 atom stereocenters. The summed E-state index contributed by atoms with van der Waals surface area (Å²) in [5.74, 6) is 0. The van der Waals surface area contributed by atoms with Crippen molar-refractivity contribution in [2.24, 2.45) is 0 Å². The van der Waals surface area contributed by atoms with Gasteiger partial charge in [-0.1, -0.05) is 6.07 Å². The first-order valence-corrected chi connectivity index (χ1v) is 4.70. The highest BCUT2D eigenvalue weighted by atomic mass is 32.2. The summed E-state index contributed by atoms with van der Waals surface area (Å²) in [5, 5.41) is 17.1. The van der Waals surface area contributed by atoms with Crippen molar-refractivity contribution in [3.05, 3.63) is 29.8 Å². The molecule has 0 fully saturated rings. The van der Waals surface area contributed by atoms with Crippen LogP contribution in [0.3, 0.4) is 0 Å². The topological polar surface area (TPSA) is 47.6 Å². The van der Waals surface area contributed by atoms with Crippen molar-refractivity contribution < 1.29 is 0 Å². The fourth-order valence-electron chi connectivity index (χ4n) is 0.869. The number of nitrogens with zero attached hydrogens (tertiary/aromatic N) is 2. The number of hydrogen-bond donors (Lipinski definition) is 0. The van der Waals surface area contributed by atoms with E-state index in [0.29, 0.717) is 5.56 Å². The highest BCUT2D eigenvalue weighted by Gasteiger charge is 2.02. The van der Waals surface area contributed by atoms with E-state index in [2.05, 4.69) is 12.1 Å². The first kappa shape index (κ1) is 9.64. The standard InChI is InChI=1S/C10H8N2S/c1-8(6-11)13-10-4-2-3-9(5-10)7-12/h2-5,8H,1H3. The van der Waals surface area contributed by atoms with Gasteiger partial charge in [0.15, 0.2) is 0 Å². The molecule has 1 aromatic rings. The lowest BCUT2D eigenvalue weighted by molar-refractivity contribution is 1.23. The summed E-state index contributed by atoms with van der Waals surface area (Å²) >= 11 is 1.46. The third-order valence-corrected chi connectivity index (χ3v) is 2.44. The third-order valence-electron chi connectivity index (χ3n) is 1.46. The van der Waals surface area contributed by atoms with Gasteiger partial charge in [-0.05, 0) is 25.1 Å². The molecule has 0 aliphatic heterocycles. The molecule has 0 spiro atoms. The number of thioether (sulfide) groups is 1. The van der Waals surface area contributed by atoms with Crippen molar-refractivity contribution in [1.82, 2.24) is 0 Å². The van der Waals surface area contributed by atoms with Gasteiger partial charge in [0, 0.05) is 4.90 Å². The van der Waals surface area contributed by atoms with Gasteiger partial charge in [0.1, 0.15) is 0 Å². The van der Waals surface area contributed by atoms with Crippen LogP contribution < -0.4 is 0 Å². The van der Waals surface area contributed by atoms with Crippen LogP contribution in [-0.4, -0.2) is 5.25 Å². The highest BCUT2D eigenvalue weighted by Crippen LogP contribution is 2.23. The smallest absolute Gasteiger partial charge is 0.0992 e. The van der Waals surface area contributed by atoms with Crippen LogP contribution in [0.4, 0.5) is 0 Å². The van der Waals surface area contributed by atoms with Crippen LogP contribution in [0.5, 0.6) is 0 Å². The second-order valence-corrected chi connectivity index (χ2v) is 3.94. The Bertz CT molecular complexity index is 373. The van der Waals surface area contributed by atoms with Gasteiger partial charge >= 0.3 is 0 Å². The minimum absolute atomic E-state index is 0.0751. The second kappa shape index (κ2) is 4.54. The van der Waals surface area contributed by atoms with E-state index >= 15 is 0 Å². The second-order valence-electron chi connectivity index (χ2n) is 2.53. The van der Waals surface area contributed by atoms with E-state index in [4.69, 9.17) is 10.5 Å². The summed E-state index contributed by atoms with van der Waals surface area (Å²) in [7, 11) is 0. The van der Waals surface area contributed by atoms with Crippen LogP contribution in [0.25, 0.3) is 0 Å². The molecule has 1 rings (SSSR count). The van der Waals surface area contributed by atoms with Crippen molar-refractivity contribution >= 4 is 11.8 Å². The van der Waals surface area contributed by atoms with Crippen molar-refractivity contribution in [3.63, 3.8) is 0 Å². The maximum absolute atomic E-state index is 8.63. The summed E-state index contributed by atoms with van der Waals surface area (Å²) in [6.45, 7) is 1.84. The lowest BCUT2D eigenvalue weighted by Gasteiger charge is -2.01. The molecule has 64 valence electrons. The van der Waals surface area contributed by atoms with Crippen molar-refractivity contribution in [3.8, 4) is 12.1 Å². The first-order valence-electron chi connectivity index (χ1n) is 3.82. The Kier molecular flexibility index (Phi) is 3.37. The average Bonchev–Trinajstić information content (AvgIpc) is 2.18. The van der Waals surface area contributed by atoms with Crippen molar-refractivity contribution in [2.75, 3.05) is 0 Å². The van der Waals surface area contributed by atoms with Gasteiger partial charge in [-0.2, -0.15) is 10.5 Å². The minimum atomic E-state index is -0.0751. The van der Waals surface area contributed by atoms with Gasteiger partial charge in [-0.15, -0.1) is 11.8 Å². The largest absolute Gasteiger partial charge is 0.197 e. The number of hydrogen-bond acceptors (Lipinski definition) is 3. The van der Waals surface area contributed by atoms with E-state index < -0.39 is 0 Å². The summed E-state index contributed by atoms with van der Waals surface area (Å²) in [4.78, 5) is 0.966. The summed E-state index contributed by atoms with van der Waals surface area (Å²) in [6, 6.07) is 11.5. The van der Waals surface area contributed by atoms with Crippen LogP contribution in [0.15, 0.2) is 29.2 Å². The first-order chi connectivity index (χ1) is 6.26. The molecule has 0 saturated carbocycles. The molecule has 0 aliphatic rings. The molecule has 1 aromatic carbocycles. The molecule has 0 aromatic heterocycles. The van der Waals surface area contributed by atoms with E-state index in [0.717, 1.165) is 4.90 Å². The van der Waals surface area contributed by atoms with Crippen LogP contribution in [-0.2, 0) is 0 Å². The van der Waals surface area contributed by atoms with Crippen LogP contribution in [0, 0.1) is 22.7 Å². The Hall–Kier alpha value is -1.45. The van der Waals surface area contributed by atoms with Crippen molar-refractivity contribution in [1.29, 1.82) is 10.5 Å². The molecular formula is C10H8N2S. The Morgan fingerprint density at radius 2 is 2.15 bits per heavy atom. The third kappa shape index (κ3) is 2.82. The molecule has 0 heterocycles. The van der Waals surface area contributed by atoms with Gasteiger partial charge in [-0.25, -0.2) is 0 Å². The lowest BCUT2D eigenvalue weighted by Crippen LogP contribution is -1.89. The molecule has 0 bridgehead atoms. The van der Waals surface area contributed by atoms with Gasteiger partial charge in [0.05, 0.1) is 23.0 Å². The Morgan fingerprint density at radius 1 is 1.38 bits per heavy atom. The molecule has 2 nitrogen and oxygen atoms in total. The Labute approximate surface area is 81.8 Å². The van der Waals surface area contributed by atoms with Crippen LogP contribution in [0.2, 0.25) is 0 Å². The Morgan fingerprint density at radius 3 is 2.77 bits per heavy atom. The molecule has 3 heteroatoms. The fourth-order valence-corrected chi connectivity index (χ4v) is 1.68. The number of benzene rings is 1. The summed E-state index contributed by atoms with van der Waals surface area (Å²) in [6.07, 6.45) is 0. The monoisotopic (exact) mass is 188 g/mol. The molecule has 13 heavy (non-hydrogen) atoms. The van der Waals surface area contributed by atoms with Crippen LogP contribution >= 0.6 is 11.8 Å². The minimum Gasteiger partial charge on any atom is -0.197 e. The van der Waals surface area contributed by atoms with Gasteiger partial charge in [0.25, 0.3) is 0 Å². The van der Waals surface area contributed by atoms with E-state index in [-0.39, 0.29) is 5.25 Å². The predicted octanol–water partition coefficient (Wildman–Crippen LogP) is 2.56. The molecule has 0 N–H and O–H groups in total. The maximum Gasteiger partial charge on any atom is 0.0992 e. The molecule has 0 saturated heterocycles. The van der Waals surface area contributed by atoms with Crippen LogP contribution in [0.1, 0.15) is 12.5 Å². The van der Waals surface area contributed by atoms with E-state index in [1.165, 1.54) is 11.8 Å². The molecule has 1 unspecified atom stereocenters. The zero-order chi connectivity index (χ0) is 9.68. The molecule has 0 aliphatic carbocycles. The van der Waals surface area contributed by atoms with E-state index in [1.54, 1.807) is 12.1 Å². The number of nitriles is 2. The summed E-state index contributed by atoms with van der Waals surface area (Å²) < 4.78 is 0. The van der Waals surface area contributed by atoms with E-state index in [9.17, 15) is 0 Å². The van der Waals surface area contributed by atoms with Crippen molar-refractivity contribution in [2.45, 2.75) is 17.1 Å². The van der Waals surface area contributed by atoms with Gasteiger partial charge < -0.3 is 0 Å². The zero-order valence-corrected chi connectivity index (χ0v) is 8.01. The fraction of sp³-hybridized carbons (Fsp3) is 0.200. The van der Waals surface area contributed by atoms with E-state index in [1.807, 2.05) is 19.1 Å². The predicted molar refractivity (Wildman–Crippen MR) is 52.1 cm³/mol. The number of rotatable bonds is 2. The molecule has 0 amide bonds.